The minimum atomic E-state index is -2.52. The lowest BCUT2D eigenvalue weighted by Crippen LogP contribution is -2.72. The molecule has 0 radical (unpaired) electrons. The Labute approximate surface area is 215 Å². The molecule has 0 aliphatic heterocycles. The standard InChI is InChI=1S/C33H42Si2/c1-22-19-29(34(8,9)10)21-30(20-22)35(31-17-13-11-15-23(31)2,32-18-14-12-16-24(32)3)33-27(6)25(4)26(5)28(33)7/h11-21,33H,1-10H3. The molecular weight excluding hydrogens is 453 g/mol. The summed E-state index contributed by atoms with van der Waals surface area (Å²) in [6.07, 6.45) is 0. The first kappa shape index (κ1) is 25.7. The molecule has 0 amide bonds. The predicted molar refractivity (Wildman–Crippen MR) is 162 cm³/mol. The van der Waals surface area contributed by atoms with Crippen LogP contribution in [0.1, 0.15) is 44.4 Å². The second-order valence-electron chi connectivity index (χ2n) is 11.8. The fourth-order valence-corrected chi connectivity index (χ4v) is 14.4. The van der Waals surface area contributed by atoms with Crippen LogP contribution in [-0.4, -0.2) is 16.1 Å². The van der Waals surface area contributed by atoms with E-state index >= 15 is 0 Å². The predicted octanol–water partition coefficient (Wildman–Crippen LogP) is 6.68. The summed E-state index contributed by atoms with van der Waals surface area (Å²) in [5.41, 5.74) is 10.8. The summed E-state index contributed by atoms with van der Waals surface area (Å²) in [5.74, 6) is 0. The van der Waals surface area contributed by atoms with Crippen molar-refractivity contribution in [2.24, 2.45) is 0 Å². The van der Waals surface area contributed by atoms with Gasteiger partial charge < -0.3 is 0 Å². The van der Waals surface area contributed by atoms with E-state index in [0.717, 1.165) is 0 Å². The summed E-state index contributed by atoms with van der Waals surface area (Å²) in [5, 5.41) is 6.27. The van der Waals surface area contributed by atoms with Gasteiger partial charge in [-0.15, -0.1) is 0 Å². The topological polar surface area (TPSA) is 0 Å². The third kappa shape index (κ3) is 4.15. The monoisotopic (exact) mass is 494 g/mol. The van der Waals surface area contributed by atoms with Crippen LogP contribution in [0.5, 0.6) is 0 Å². The average Bonchev–Trinajstić information content (AvgIpc) is 2.99. The quantitative estimate of drug-likeness (QED) is 0.274. The first-order valence-corrected chi connectivity index (χ1v) is 18.6. The minimum absolute atomic E-state index is 0.418. The van der Waals surface area contributed by atoms with Crippen LogP contribution in [0.15, 0.2) is 89.0 Å². The summed E-state index contributed by atoms with van der Waals surface area (Å²) < 4.78 is 0. The zero-order valence-corrected chi connectivity index (χ0v) is 25.4. The van der Waals surface area contributed by atoms with Crippen molar-refractivity contribution in [2.75, 3.05) is 0 Å². The van der Waals surface area contributed by atoms with Crippen molar-refractivity contribution in [3.05, 3.63) is 106 Å². The molecule has 1 aliphatic rings. The summed E-state index contributed by atoms with van der Waals surface area (Å²) in [6.45, 7) is 23.9. The Bertz CT molecular complexity index is 1280. The third-order valence-corrected chi connectivity index (χ3v) is 16.4. The van der Waals surface area contributed by atoms with Gasteiger partial charge in [0.2, 0.25) is 0 Å². The van der Waals surface area contributed by atoms with Crippen molar-refractivity contribution >= 4 is 36.9 Å². The second kappa shape index (κ2) is 9.22. The van der Waals surface area contributed by atoms with Crippen LogP contribution in [0, 0.1) is 20.8 Å². The van der Waals surface area contributed by atoms with Crippen molar-refractivity contribution in [1.82, 2.24) is 0 Å². The largest absolute Gasteiger partial charge is 0.159 e. The van der Waals surface area contributed by atoms with E-state index in [1.807, 2.05) is 0 Å². The van der Waals surface area contributed by atoms with Gasteiger partial charge >= 0.3 is 0 Å². The lowest BCUT2D eigenvalue weighted by Gasteiger charge is -2.43. The molecule has 3 aromatic carbocycles. The van der Waals surface area contributed by atoms with E-state index in [1.54, 1.807) is 31.9 Å². The Morgan fingerprint density at radius 2 is 0.971 bits per heavy atom. The van der Waals surface area contributed by atoms with Crippen LogP contribution in [0.25, 0.3) is 0 Å². The van der Waals surface area contributed by atoms with Crippen molar-refractivity contribution in [2.45, 2.75) is 73.6 Å². The molecule has 0 bridgehead atoms. The van der Waals surface area contributed by atoms with Gasteiger partial charge in [0, 0.05) is 5.54 Å². The summed E-state index contributed by atoms with van der Waals surface area (Å²) >= 11 is 0. The molecule has 0 fully saturated rings. The van der Waals surface area contributed by atoms with Gasteiger partial charge in [0.25, 0.3) is 0 Å². The molecule has 0 nitrogen and oxygen atoms in total. The number of hydrogen-bond acceptors (Lipinski definition) is 0. The van der Waals surface area contributed by atoms with E-state index in [0.29, 0.717) is 5.54 Å². The van der Waals surface area contributed by atoms with Crippen molar-refractivity contribution in [1.29, 1.82) is 0 Å². The van der Waals surface area contributed by atoms with Gasteiger partial charge in [0.05, 0.1) is 8.07 Å². The molecule has 2 heteroatoms. The second-order valence-corrected chi connectivity index (χ2v) is 20.8. The fraction of sp³-hybridized carbons (Fsp3) is 0.333. The SMILES string of the molecule is CC1=C(C)C([Si](c2cc(C)cc([Si](C)(C)C)c2)(c2ccccc2C)c2ccccc2C)C(C)=C1C. The molecule has 0 N–H and O–H groups in total. The highest BCUT2D eigenvalue weighted by molar-refractivity contribution is 7.13. The van der Waals surface area contributed by atoms with Gasteiger partial charge in [0.1, 0.15) is 0 Å². The number of aryl methyl sites for hydroxylation is 3. The molecule has 0 heterocycles. The maximum absolute atomic E-state index is 2.63. The zero-order valence-electron chi connectivity index (χ0n) is 23.4. The van der Waals surface area contributed by atoms with Gasteiger partial charge in [-0.05, 0) is 75.2 Å². The van der Waals surface area contributed by atoms with Gasteiger partial charge in [0.15, 0.2) is 8.07 Å². The molecule has 4 rings (SSSR count). The van der Waals surface area contributed by atoms with Gasteiger partial charge in [-0.3, -0.25) is 0 Å². The van der Waals surface area contributed by atoms with Crippen LogP contribution >= 0.6 is 0 Å². The molecule has 0 spiro atoms. The summed E-state index contributed by atoms with van der Waals surface area (Å²) in [6, 6.07) is 26.1. The maximum atomic E-state index is 2.63. The van der Waals surface area contributed by atoms with Crippen LogP contribution in [-0.2, 0) is 0 Å². The third-order valence-electron chi connectivity index (χ3n) is 8.58. The number of allylic oxidation sites excluding steroid dienone is 4. The number of rotatable bonds is 5. The molecule has 0 atom stereocenters. The number of hydrogen-bond donors (Lipinski definition) is 0. The highest BCUT2D eigenvalue weighted by atomic mass is 28.3. The molecule has 0 saturated heterocycles. The average molecular weight is 495 g/mol. The summed E-state index contributed by atoms with van der Waals surface area (Å²) in [4.78, 5) is 0. The molecule has 35 heavy (non-hydrogen) atoms. The van der Waals surface area contributed by atoms with E-state index in [2.05, 4.69) is 135 Å². The molecule has 0 saturated carbocycles. The van der Waals surface area contributed by atoms with Crippen molar-refractivity contribution in [3.63, 3.8) is 0 Å². The zero-order chi connectivity index (χ0) is 25.7. The normalized spacial score (nSPS) is 15.4. The first-order valence-electron chi connectivity index (χ1n) is 13.0. The molecule has 0 aromatic heterocycles. The Morgan fingerprint density at radius 1 is 0.543 bits per heavy atom. The van der Waals surface area contributed by atoms with Crippen molar-refractivity contribution in [3.8, 4) is 0 Å². The molecule has 3 aromatic rings. The summed E-state index contributed by atoms with van der Waals surface area (Å²) in [7, 11) is -4.03. The van der Waals surface area contributed by atoms with Gasteiger partial charge in [-0.25, -0.2) is 0 Å². The van der Waals surface area contributed by atoms with Crippen LogP contribution in [0.2, 0.25) is 25.2 Å². The van der Waals surface area contributed by atoms with E-state index < -0.39 is 16.1 Å². The first-order chi connectivity index (χ1) is 16.4. The van der Waals surface area contributed by atoms with E-state index in [4.69, 9.17) is 0 Å². The molecule has 0 unspecified atom stereocenters. The Balaban J connectivity index is 2.28. The smallest absolute Gasteiger partial charge is 0.0656 e. The number of benzene rings is 3. The maximum Gasteiger partial charge on any atom is 0.159 e. The highest BCUT2D eigenvalue weighted by Crippen LogP contribution is 2.46. The van der Waals surface area contributed by atoms with Gasteiger partial charge in [-0.1, -0.05) is 119 Å². The molecule has 1 aliphatic carbocycles. The Kier molecular flexibility index (Phi) is 6.76. The molecular formula is C33H42Si2. The van der Waals surface area contributed by atoms with E-state index in [9.17, 15) is 0 Å². The fourth-order valence-electron chi connectivity index (χ4n) is 6.41. The van der Waals surface area contributed by atoms with E-state index in [1.165, 1.54) is 27.8 Å². The minimum Gasteiger partial charge on any atom is -0.0656 e. The van der Waals surface area contributed by atoms with Crippen LogP contribution in [0.3, 0.4) is 0 Å². The van der Waals surface area contributed by atoms with Crippen LogP contribution in [0.4, 0.5) is 0 Å². The lowest BCUT2D eigenvalue weighted by atomic mass is 10.1. The highest BCUT2D eigenvalue weighted by Gasteiger charge is 2.51. The lowest BCUT2D eigenvalue weighted by molar-refractivity contribution is 1.09. The Morgan fingerprint density at radius 3 is 1.40 bits per heavy atom. The Hall–Kier alpha value is -2.43. The molecule has 182 valence electrons. The van der Waals surface area contributed by atoms with Crippen molar-refractivity contribution < 1.29 is 0 Å². The van der Waals surface area contributed by atoms with Crippen LogP contribution < -0.4 is 20.7 Å². The van der Waals surface area contributed by atoms with Gasteiger partial charge in [-0.2, -0.15) is 0 Å². The van der Waals surface area contributed by atoms with E-state index in [-0.39, 0.29) is 0 Å².